The van der Waals surface area contributed by atoms with Gasteiger partial charge in [-0.25, -0.2) is 0 Å². The molecule has 18 heavy (non-hydrogen) atoms. The van der Waals surface area contributed by atoms with Crippen molar-refractivity contribution in [2.45, 2.75) is 13.1 Å². The van der Waals surface area contributed by atoms with Crippen molar-refractivity contribution in [1.29, 1.82) is 0 Å². The van der Waals surface area contributed by atoms with Gasteiger partial charge in [0.05, 0.1) is 0 Å². The van der Waals surface area contributed by atoms with E-state index in [1.54, 1.807) is 19.1 Å². The van der Waals surface area contributed by atoms with Gasteiger partial charge in [0, 0.05) is 11.6 Å². The first-order valence-electron chi connectivity index (χ1n) is 5.29. The minimum absolute atomic E-state index is 0.225. The Hall–Kier alpha value is -2.11. The predicted octanol–water partition coefficient (Wildman–Crippen LogP) is 3.21. The summed E-state index contributed by atoms with van der Waals surface area (Å²) in [5, 5.41) is 8.44. The van der Waals surface area contributed by atoms with Crippen LogP contribution in [0.5, 0.6) is 0 Å². The molecule has 6 heteroatoms. The molecule has 3 nitrogen and oxygen atoms in total. The molecule has 0 spiro atoms. The molecule has 0 aliphatic carbocycles. The van der Waals surface area contributed by atoms with Crippen molar-refractivity contribution in [3.05, 3.63) is 41.9 Å². The van der Waals surface area contributed by atoms with Crippen LogP contribution < -0.4 is 0 Å². The minimum Gasteiger partial charge on any atom is -0.278 e. The number of aryl methyl sites for hydroxylation is 1. The molecule has 2 heterocycles. The number of nitrogens with zero attached hydrogens (tertiary/aromatic N) is 3. The van der Waals surface area contributed by atoms with Crippen molar-refractivity contribution in [1.82, 2.24) is 14.6 Å². The maximum Gasteiger partial charge on any atom is 0.452 e. The molecule has 0 saturated heterocycles. The van der Waals surface area contributed by atoms with E-state index in [9.17, 15) is 13.2 Å². The van der Waals surface area contributed by atoms with Crippen LogP contribution in [-0.2, 0) is 6.18 Å². The number of rotatable bonds is 0. The monoisotopic (exact) mass is 251 g/mol. The van der Waals surface area contributed by atoms with E-state index < -0.39 is 12.0 Å². The van der Waals surface area contributed by atoms with Gasteiger partial charge in [-0.3, -0.25) is 4.40 Å². The lowest BCUT2D eigenvalue weighted by molar-refractivity contribution is -0.145. The van der Waals surface area contributed by atoms with Gasteiger partial charge in [-0.15, -0.1) is 10.2 Å². The Morgan fingerprint density at radius 1 is 1.06 bits per heavy atom. The van der Waals surface area contributed by atoms with E-state index in [0.717, 1.165) is 15.4 Å². The van der Waals surface area contributed by atoms with E-state index >= 15 is 0 Å². The van der Waals surface area contributed by atoms with Gasteiger partial charge in [0.15, 0.2) is 5.65 Å². The van der Waals surface area contributed by atoms with Gasteiger partial charge in [0.2, 0.25) is 5.82 Å². The topological polar surface area (TPSA) is 30.2 Å². The molecular formula is C12H8F3N3. The number of fused-ring (bicyclic) bond motifs is 3. The number of hydrogen-bond acceptors (Lipinski definition) is 2. The van der Waals surface area contributed by atoms with Gasteiger partial charge in [-0.2, -0.15) is 13.2 Å². The van der Waals surface area contributed by atoms with Crippen LogP contribution in [0.4, 0.5) is 13.2 Å². The number of halogens is 3. The third-order valence-electron chi connectivity index (χ3n) is 2.86. The SMILES string of the molecule is Cc1cn2c(C(F)(F)F)nnc2c2ccccc12. The van der Waals surface area contributed by atoms with Crippen molar-refractivity contribution in [3.63, 3.8) is 0 Å². The molecule has 0 N–H and O–H groups in total. The normalized spacial score (nSPS) is 12.4. The average molecular weight is 251 g/mol. The Morgan fingerprint density at radius 2 is 1.72 bits per heavy atom. The molecule has 92 valence electrons. The minimum atomic E-state index is -4.51. The van der Waals surface area contributed by atoms with Crippen molar-refractivity contribution in [3.8, 4) is 0 Å². The third kappa shape index (κ3) is 1.45. The summed E-state index contributed by atoms with van der Waals surface area (Å²) in [5.41, 5.74) is 0.979. The Bertz CT molecular complexity index is 743. The molecule has 3 aromatic rings. The van der Waals surface area contributed by atoms with Gasteiger partial charge < -0.3 is 0 Å². The van der Waals surface area contributed by atoms with Crippen LogP contribution in [0.1, 0.15) is 11.4 Å². The number of pyridine rings is 1. The fourth-order valence-electron chi connectivity index (χ4n) is 2.08. The van der Waals surface area contributed by atoms with Crippen LogP contribution in [0.15, 0.2) is 30.5 Å². The molecule has 0 radical (unpaired) electrons. The molecule has 3 rings (SSSR count). The zero-order valence-electron chi connectivity index (χ0n) is 9.36. The third-order valence-corrected chi connectivity index (χ3v) is 2.86. The van der Waals surface area contributed by atoms with Crippen LogP contribution in [0, 0.1) is 6.92 Å². The van der Waals surface area contributed by atoms with Crippen molar-refractivity contribution in [2.24, 2.45) is 0 Å². The van der Waals surface area contributed by atoms with Crippen molar-refractivity contribution < 1.29 is 13.2 Å². The van der Waals surface area contributed by atoms with Crippen LogP contribution >= 0.6 is 0 Å². The first-order chi connectivity index (χ1) is 8.48. The molecule has 0 fully saturated rings. The predicted molar refractivity (Wildman–Crippen MR) is 60.2 cm³/mol. The van der Waals surface area contributed by atoms with Gasteiger partial charge in [0.25, 0.3) is 0 Å². The first-order valence-corrected chi connectivity index (χ1v) is 5.29. The molecule has 0 unspecified atom stereocenters. The van der Waals surface area contributed by atoms with E-state index in [-0.39, 0.29) is 5.65 Å². The Morgan fingerprint density at radius 3 is 2.39 bits per heavy atom. The molecule has 0 saturated carbocycles. The molecular weight excluding hydrogens is 243 g/mol. The second kappa shape index (κ2) is 3.44. The summed E-state index contributed by atoms with van der Waals surface area (Å²) < 4.78 is 39.3. The number of benzene rings is 1. The fraction of sp³-hybridized carbons (Fsp3) is 0.167. The number of alkyl halides is 3. The summed E-state index contributed by atoms with van der Waals surface area (Å²) in [6.45, 7) is 1.77. The second-order valence-corrected chi connectivity index (χ2v) is 4.07. The van der Waals surface area contributed by atoms with Gasteiger partial charge in [-0.05, 0) is 17.9 Å². The molecule has 0 aliphatic heterocycles. The summed E-state index contributed by atoms with van der Waals surface area (Å²) in [5.74, 6) is -0.994. The van der Waals surface area contributed by atoms with E-state index in [1.807, 2.05) is 12.1 Å². The van der Waals surface area contributed by atoms with E-state index in [1.165, 1.54) is 6.20 Å². The Labute approximate surface area is 99.9 Å². The highest BCUT2D eigenvalue weighted by molar-refractivity contribution is 5.95. The summed E-state index contributed by atoms with van der Waals surface area (Å²) in [4.78, 5) is 0. The summed E-state index contributed by atoms with van der Waals surface area (Å²) in [6.07, 6.45) is -3.09. The van der Waals surface area contributed by atoms with Gasteiger partial charge in [-0.1, -0.05) is 24.3 Å². The quantitative estimate of drug-likeness (QED) is 0.614. The van der Waals surface area contributed by atoms with E-state index in [4.69, 9.17) is 0 Å². The fourth-order valence-corrected chi connectivity index (χ4v) is 2.08. The molecule has 0 amide bonds. The largest absolute Gasteiger partial charge is 0.452 e. The van der Waals surface area contributed by atoms with E-state index in [0.29, 0.717) is 5.39 Å². The van der Waals surface area contributed by atoms with Crippen LogP contribution in [0.3, 0.4) is 0 Å². The number of hydrogen-bond donors (Lipinski definition) is 0. The van der Waals surface area contributed by atoms with Crippen molar-refractivity contribution in [2.75, 3.05) is 0 Å². The summed E-state index contributed by atoms with van der Waals surface area (Å²) in [7, 11) is 0. The lowest BCUT2D eigenvalue weighted by atomic mass is 10.1. The first kappa shape index (κ1) is 11.0. The highest BCUT2D eigenvalue weighted by Crippen LogP contribution is 2.30. The highest BCUT2D eigenvalue weighted by Gasteiger charge is 2.37. The molecule has 0 aliphatic rings. The molecule has 2 aromatic heterocycles. The lowest BCUT2D eigenvalue weighted by Gasteiger charge is -2.07. The smallest absolute Gasteiger partial charge is 0.278 e. The Kier molecular flexibility index (Phi) is 2.10. The van der Waals surface area contributed by atoms with Crippen molar-refractivity contribution >= 4 is 16.4 Å². The molecule has 1 aromatic carbocycles. The van der Waals surface area contributed by atoms with Crippen LogP contribution in [0.2, 0.25) is 0 Å². The van der Waals surface area contributed by atoms with Gasteiger partial charge >= 0.3 is 6.18 Å². The Balaban J connectivity index is 2.49. The summed E-state index contributed by atoms with van der Waals surface area (Å²) >= 11 is 0. The van der Waals surface area contributed by atoms with E-state index in [2.05, 4.69) is 10.2 Å². The highest BCUT2D eigenvalue weighted by atomic mass is 19.4. The zero-order valence-corrected chi connectivity index (χ0v) is 9.36. The standard InChI is InChI=1S/C12H8F3N3/c1-7-6-18-10(9-5-3-2-4-8(7)9)16-17-11(18)12(13,14)15/h2-6H,1H3. The average Bonchev–Trinajstić information content (AvgIpc) is 2.73. The molecule has 0 atom stereocenters. The lowest BCUT2D eigenvalue weighted by Crippen LogP contribution is -2.10. The van der Waals surface area contributed by atoms with Crippen LogP contribution in [0.25, 0.3) is 16.4 Å². The second-order valence-electron chi connectivity index (χ2n) is 4.07. The van der Waals surface area contributed by atoms with Crippen LogP contribution in [-0.4, -0.2) is 14.6 Å². The zero-order chi connectivity index (χ0) is 12.9. The maximum atomic E-state index is 12.8. The maximum absolute atomic E-state index is 12.8. The number of aromatic nitrogens is 3. The van der Waals surface area contributed by atoms with Gasteiger partial charge in [0.1, 0.15) is 0 Å². The molecule has 0 bridgehead atoms. The summed E-state index contributed by atoms with van der Waals surface area (Å²) in [6, 6.07) is 7.20.